The molecule has 1 aromatic rings. The SMILES string of the molecule is CC(C)C(C)N(C)c1ncc(C(=O)O)s1. The van der Waals surface area contributed by atoms with E-state index in [1.54, 1.807) is 0 Å². The standard InChI is InChI=1S/C10H16N2O2S/c1-6(2)7(3)12(4)10-11-5-8(15-10)9(13)14/h5-7H,1-4H3,(H,13,14). The Morgan fingerprint density at radius 2 is 2.13 bits per heavy atom. The van der Waals surface area contributed by atoms with E-state index < -0.39 is 5.97 Å². The van der Waals surface area contributed by atoms with Crippen LogP contribution in [0.15, 0.2) is 6.20 Å². The molecule has 5 heteroatoms. The van der Waals surface area contributed by atoms with E-state index in [9.17, 15) is 4.79 Å². The first-order valence-corrected chi connectivity index (χ1v) is 5.67. The number of nitrogens with zero attached hydrogens (tertiary/aromatic N) is 2. The average molecular weight is 228 g/mol. The van der Waals surface area contributed by atoms with Crippen LogP contribution >= 0.6 is 11.3 Å². The molecule has 0 fully saturated rings. The number of hydrogen-bond acceptors (Lipinski definition) is 4. The Bertz CT molecular complexity index is 349. The van der Waals surface area contributed by atoms with E-state index in [2.05, 4.69) is 25.8 Å². The maximum atomic E-state index is 10.7. The number of thiazole rings is 1. The fourth-order valence-corrected chi connectivity index (χ4v) is 1.95. The van der Waals surface area contributed by atoms with Crippen LogP contribution in [0.3, 0.4) is 0 Å². The molecule has 0 spiro atoms. The van der Waals surface area contributed by atoms with Crippen molar-refractivity contribution in [1.29, 1.82) is 0 Å². The molecular formula is C10H16N2O2S. The lowest BCUT2D eigenvalue weighted by Crippen LogP contribution is -2.32. The second-order valence-electron chi connectivity index (χ2n) is 3.91. The van der Waals surface area contributed by atoms with Gasteiger partial charge in [-0.1, -0.05) is 25.2 Å². The van der Waals surface area contributed by atoms with Gasteiger partial charge in [-0.2, -0.15) is 0 Å². The zero-order valence-electron chi connectivity index (χ0n) is 9.39. The molecule has 0 saturated heterocycles. The first-order valence-electron chi connectivity index (χ1n) is 4.85. The van der Waals surface area contributed by atoms with Gasteiger partial charge in [0.15, 0.2) is 5.13 Å². The van der Waals surface area contributed by atoms with E-state index in [0.29, 0.717) is 12.0 Å². The Labute approximate surface area is 93.6 Å². The van der Waals surface area contributed by atoms with Crippen molar-refractivity contribution in [2.45, 2.75) is 26.8 Å². The highest BCUT2D eigenvalue weighted by atomic mass is 32.1. The van der Waals surface area contributed by atoms with Crippen molar-refractivity contribution in [3.05, 3.63) is 11.1 Å². The molecule has 0 aliphatic carbocycles. The zero-order chi connectivity index (χ0) is 11.6. The van der Waals surface area contributed by atoms with E-state index in [4.69, 9.17) is 5.11 Å². The second-order valence-corrected chi connectivity index (χ2v) is 4.92. The molecule has 15 heavy (non-hydrogen) atoms. The summed E-state index contributed by atoms with van der Waals surface area (Å²) >= 11 is 1.21. The molecule has 0 radical (unpaired) electrons. The summed E-state index contributed by atoms with van der Waals surface area (Å²) in [6.45, 7) is 6.37. The summed E-state index contributed by atoms with van der Waals surface area (Å²) in [5.74, 6) is -0.406. The van der Waals surface area contributed by atoms with Crippen LogP contribution in [0.4, 0.5) is 5.13 Å². The summed E-state index contributed by atoms with van der Waals surface area (Å²) < 4.78 is 0. The van der Waals surface area contributed by atoms with Crippen molar-refractivity contribution in [2.24, 2.45) is 5.92 Å². The summed E-state index contributed by atoms with van der Waals surface area (Å²) in [6.07, 6.45) is 1.41. The second kappa shape index (κ2) is 4.61. The van der Waals surface area contributed by atoms with E-state index in [1.165, 1.54) is 17.5 Å². The van der Waals surface area contributed by atoms with Gasteiger partial charge >= 0.3 is 5.97 Å². The van der Waals surface area contributed by atoms with E-state index in [0.717, 1.165) is 5.13 Å². The number of carboxylic acids is 1. The van der Waals surface area contributed by atoms with E-state index in [-0.39, 0.29) is 4.88 Å². The lowest BCUT2D eigenvalue weighted by atomic mass is 10.1. The molecule has 0 aromatic carbocycles. The molecule has 1 aromatic heterocycles. The van der Waals surface area contributed by atoms with Crippen molar-refractivity contribution < 1.29 is 9.90 Å². The van der Waals surface area contributed by atoms with Gasteiger partial charge in [-0.05, 0) is 12.8 Å². The molecule has 1 unspecified atom stereocenters. The van der Waals surface area contributed by atoms with Crippen LogP contribution in [0.2, 0.25) is 0 Å². The van der Waals surface area contributed by atoms with Gasteiger partial charge in [0.1, 0.15) is 4.88 Å². The van der Waals surface area contributed by atoms with Gasteiger partial charge in [0.2, 0.25) is 0 Å². The highest BCUT2D eigenvalue weighted by molar-refractivity contribution is 7.17. The van der Waals surface area contributed by atoms with Crippen molar-refractivity contribution in [1.82, 2.24) is 4.98 Å². The average Bonchev–Trinajstić information content (AvgIpc) is 2.64. The summed E-state index contributed by atoms with van der Waals surface area (Å²) in [6, 6.07) is 0.345. The maximum absolute atomic E-state index is 10.7. The lowest BCUT2D eigenvalue weighted by molar-refractivity contribution is 0.0702. The van der Waals surface area contributed by atoms with Crippen molar-refractivity contribution in [3.8, 4) is 0 Å². The molecule has 0 aliphatic heterocycles. The maximum Gasteiger partial charge on any atom is 0.347 e. The van der Waals surface area contributed by atoms with Gasteiger partial charge < -0.3 is 10.0 Å². The Kier molecular flexibility index (Phi) is 3.68. The number of anilines is 1. The molecule has 0 amide bonds. The largest absolute Gasteiger partial charge is 0.477 e. The summed E-state index contributed by atoms with van der Waals surface area (Å²) in [5, 5.41) is 9.54. The molecule has 84 valence electrons. The van der Waals surface area contributed by atoms with Crippen molar-refractivity contribution >= 4 is 22.4 Å². The number of aromatic carboxylic acids is 1. The zero-order valence-corrected chi connectivity index (χ0v) is 10.2. The molecule has 0 bridgehead atoms. The van der Waals surface area contributed by atoms with Crippen LogP contribution in [-0.4, -0.2) is 29.1 Å². The van der Waals surface area contributed by atoms with E-state index in [1.807, 2.05) is 11.9 Å². The molecule has 1 atom stereocenters. The number of aromatic nitrogens is 1. The number of carboxylic acid groups (broad SMARTS) is 1. The van der Waals surface area contributed by atoms with Crippen molar-refractivity contribution in [3.63, 3.8) is 0 Å². The predicted molar refractivity (Wildman–Crippen MR) is 61.8 cm³/mol. The Balaban J connectivity index is 2.82. The van der Waals surface area contributed by atoms with Gasteiger partial charge in [-0.3, -0.25) is 0 Å². The minimum Gasteiger partial charge on any atom is -0.477 e. The van der Waals surface area contributed by atoms with Crippen LogP contribution in [0.1, 0.15) is 30.4 Å². The predicted octanol–water partition coefficient (Wildman–Crippen LogP) is 2.32. The highest BCUT2D eigenvalue weighted by Crippen LogP contribution is 2.24. The van der Waals surface area contributed by atoms with Gasteiger partial charge in [0.05, 0.1) is 6.20 Å². The number of rotatable bonds is 4. The molecule has 0 saturated carbocycles. The minimum atomic E-state index is -0.913. The Morgan fingerprint density at radius 1 is 1.53 bits per heavy atom. The summed E-state index contributed by atoms with van der Waals surface area (Å²) in [4.78, 5) is 17.1. The molecule has 1 N–H and O–H groups in total. The normalized spacial score (nSPS) is 12.9. The molecule has 0 aliphatic rings. The third-order valence-electron chi connectivity index (χ3n) is 2.58. The summed E-state index contributed by atoms with van der Waals surface area (Å²) in [7, 11) is 1.94. The minimum absolute atomic E-state index is 0.285. The number of hydrogen-bond donors (Lipinski definition) is 1. The van der Waals surface area contributed by atoms with Gasteiger partial charge in [-0.25, -0.2) is 9.78 Å². The Hall–Kier alpha value is -1.10. The van der Waals surface area contributed by atoms with E-state index >= 15 is 0 Å². The van der Waals surface area contributed by atoms with Crippen LogP contribution in [0.25, 0.3) is 0 Å². The molecule has 1 heterocycles. The molecule has 1 rings (SSSR count). The quantitative estimate of drug-likeness (QED) is 0.859. The number of carbonyl (C=O) groups is 1. The van der Waals surface area contributed by atoms with Crippen LogP contribution in [0.5, 0.6) is 0 Å². The smallest absolute Gasteiger partial charge is 0.347 e. The van der Waals surface area contributed by atoms with Crippen LogP contribution < -0.4 is 4.90 Å². The van der Waals surface area contributed by atoms with Gasteiger partial charge in [0.25, 0.3) is 0 Å². The molecular weight excluding hydrogens is 212 g/mol. The summed E-state index contributed by atoms with van der Waals surface area (Å²) in [5.41, 5.74) is 0. The van der Waals surface area contributed by atoms with Gasteiger partial charge in [0, 0.05) is 13.1 Å². The third kappa shape index (κ3) is 2.68. The third-order valence-corrected chi connectivity index (χ3v) is 3.66. The Morgan fingerprint density at radius 3 is 2.53 bits per heavy atom. The van der Waals surface area contributed by atoms with Crippen LogP contribution in [0, 0.1) is 5.92 Å². The molecule has 4 nitrogen and oxygen atoms in total. The fourth-order valence-electron chi connectivity index (χ4n) is 1.15. The topological polar surface area (TPSA) is 53.4 Å². The first kappa shape index (κ1) is 12.0. The fraction of sp³-hybridized carbons (Fsp3) is 0.600. The lowest BCUT2D eigenvalue weighted by Gasteiger charge is -2.27. The van der Waals surface area contributed by atoms with Crippen LogP contribution in [-0.2, 0) is 0 Å². The highest BCUT2D eigenvalue weighted by Gasteiger charge is 2.17. The monoisotopic (exact) mass is 228 g/mol. The van der Waals surface area contributed by atoms with Gasteiger partial charge in [-0.15, -0.1) is 0 Å². The first-order chi connectivity index (χ1) is 6.93. The van der Waals surface area contributed by atoms with Crippen molar-refractivity contribution in [2.75, 3.05) is 11.9 Å².